The largest absolute Gasteiger partial charge is 0.328 e. The molecule has 1 saturated carbocycles. The summed E-state index contributed by atoms with van der Waals surface area (Å²) < 4.78 is 25.9. The van der Waals surface area contributed by atoms with Gasteiger partial charge in [-0.25, -0.2) is 13.6 Å². The van der Waals surface area contributed by atoms with Crippen molar-refractivity contribution in [1.29, 1.82) is 0 Å². The highest BCUT2D eigenvalue weighted by Gasteiger charge is 2.45. The Morgan fingerprint density at radius 1 is 1.00 bits per heavy atom. The van der Waals surface area contributed by atoms with Gasteiger partial charge in [0.1, 0.15) is 0 Å². The van der Waals surface area contributed by atoms with Crippen LogP contribution >= 0.6 is 0 Å². The molecule has 2 aromatic rings. The lowest BCUT2D eigenvalue weighted by molar-refractivity contribution is 0.247. The van der Waals surface area contributed by atoms with Crippen LogP contribution < -0.4 is 10.6 Å². The molecule has 0 radical (unpaired) electrons. The van der Waals surface area contributed by atoms with Crippen molar-refractivity contribution in [3.63, 3.8) is 0 Å². The first-order valence-corrected chi connectivity index (χ1v) is 6.69. The summed E-state index contributed by atoms with van der Waals surface area (Å²) in [6, 6.07) is 12.5. The molecule has 3 rings (SSSR count). The molecule has 5 heteroatoms. The van der Waals surface area contributed by atoms with E-state index in [9.17, 15) is 13.6 Å². The molecular weight excluding hydrogens is 274 g/mol. The molecule has 2 N–H and O–H groups in total. The number of amides is 2. The number of urea groups is 1. The number of anilines is 1. The van der Waals surface area contributed by atoms with Crippen molar-refractivity contribution >= 4 is 11.7 Å². The SMILES string of the molecule is O=C(Nc1ccc(F)c(F)c1)NC1(c2ccccc2)CC1. The first-order chi connectivity index (χ1) is 10.1. The predicted octanol–water partition coefficient (Wildman–Crippen LogP) is 3.78. The molecule has 0 spiro atoms. The first-order valence-electron chi connectivity index (χ1n) is 6.69. The summed E-state index contributed by atoms with van der Waals surface area (Å²) in [5.74, 6) is -1.93. The number of hydrogen-bond donors (Lipinski definition) is 2. The minimum Gasteiger partial charge on any atom is -0.328 e. The molecule has 0 aliphatic heterocycles. The fraction of sp³-hybridized carbons (Fsp3) is 0.188. The summed E-state index contributed by atoms with van der Waals surface area (Å²) in [5.41, 5.74) is 0.921. The topological polar surface area (TPSA) is 41.1 Å². The van der Waals surface area contributed by atoms with Gasteiger partial charge in [0.2, 0.25) is 0 Å². The highest BCUT2D eigenvalue weighted by atomic mass is 19.2. The fourth-order valence-electron chi connectivity index (χ4n) is 2.32. The zero-order valence-electron chi connectivity index (χ0n) is 11.2. The van der Waals surface area contributed by atoms with Crippen molar-refractivity contribution in [1.82, 2.24) is 5.32 Å². The van der Waals surface area contributed by atoms with Gasteiger partial charge in [-0.3, -0.25) is 0 Å². The van der Waals surface area contributed by atoms with Crippen LogP contribution in [0.15, 0.2) is 48.5 Å². The number of carbonyl (C=O) groups excluding carboxylic acids is 1. The second-order valence-corrected chi connectivity index (χ2v) is 5.16. The molecule has 2 amide bonds. The van der Waals surface area contributed by atoms with Crippen molar-refractivity contribution in [2.75, 3.05) is 5.32 Å². The summed E-state index contributed by atoms with van der Waals surface area (Å²) in [7, 11) is 0. The van der Waals surface area contributed by atoms with Crippen LogP contribution in [0.3, 0.4) is 0 Å². The second-order valence-electron chi connectivity index (χ2n) is 5.16. The molecular formula is C16H14F2N2O. The van der Waals surface area contributed by atoms with Gasteiger partial charge >= 0.3 is 6.03 Å². The number of halogens is 2. The molecule has 1 fully saturated rings. The lowest BCUT2D eigenvalue weighted by Crippen LogP contribution is -2.38. The molecule has 21 heavy (non-hydrogen) atoms. The number of hydrogen-bond acceptors (Lipinski definition) is 1. The zero-order chi connectivity index (χ0) is 14.9. The van der Waals surface area contributed by atoms with Crippen molar-refractivity contribution in [2.24, 2.45) is 0 Å². The summed E-state index contributed by atoms with van der Waals surface area (Å²) in [6.45, 7) is 0. The van der Waals surface area contributed by atoms with Crippen molar-refractivity contribution in [3.05, 3.63) is 65.7 Å². The van der Waals surface area contributed by atoms with Gasteiger partial charge in [0.25, 0.3) is 0 Å². The Kier molecular flexibility index (Phi) is 3.33. The average molecular weight is 288 g/mol. The van der Waals surface area contributed by atoms with Gasteiger partial charge in [0, 0.05) is 11.8 Å². The van der Waals surface area contributed by atoms with Crippen LogP contribution in [0.25, 0.3) is 0 Å². The Hall–Kier alpha value is -2.43. The van der Waals surface area contributed by atoms with Crippen LogP contribution in [0.1, 0.15) is 18.4 Å². The van der Waals surface area contributed by atoms with E-state index in [4.69, 9.17) is 0 Å². The monoisotopic (exact) mass is 288 g/mol. The average Bonchev–Trinajstić information content (AvgIpc) is 3.25. The van der Waals surface area contributed by atoms with Gasteiger partial charge in [-0.2, -0.15) is 0 Å². The molecule has 1 aliphatic carbocycles. The molecule has 1 aliphatic rings. The maximum absolute atomic E-state index is 13.1. The zero-order valence-corrected chi connectivity index (χ0v) is 11.2. The smallest absolute Gasteiger partial charge is 0.319 e. The minimum atomic E-state index is -0.989. The van der Waals surface area contributed by atoms with E-state index in [1.165, 1.54) is 6.07 Å². The van der Waals surface area contributed by atoms with E-state index in [0.29, 0.717) is 0 Å². The summed E-state index contributed by atoms with van der Waals surface area (Å²) in [6.07, 6.45) is 1.73. The lowest BCUT2D eigenvalue weighted by Gasteiger charge is -2.18. The molecule has 0 atom stereocenters. The Labute approximate surface area is 121 Å². The van der Waals surface area contributed by atoms with Crippen LogP contribution in [-0.2, 0) is 5.54 Å². The lowest BCUT2D eigenvalue weighted by atomic mass is 10.1. The van der Waals surface area contributed by atoms with Crippen molar-refractivity contribution < 1.29 is 13.6 Å². The Morgan fingerprint density at radius 3 is 2.33 bits per heavy atom. The molecule has 108 valence electrons. The summed E-state index contributed by atoms with van der Waals surface area (Å²) in [5, 5.41) is 5.42. The third-order valence-electron chi connectivity index (χ3n) is 3.61. The third-order valence-corrected chi connectivity index (χ3v) is 3.61. The molecule has 0 heterocycles. The fourth-order valence-corrected chi connectivity index (χ4v) is 2.32. The van der Waals surface area contributed by atoms with Gasteiger partial charge in [-0.05, 0) is 30.5 Å². The van der Waals surface area contributed by atoms with E-state index >= 15 is 0 Å². The van der Waals surface area contributed by atoms with Gasteiger partial charge in [-0.15, -0.1) is 0 Å². The number of carbonyl (C=O) groups is 1. The summed E-state index contributed by atoms with van der Waals surface area (Å²) >= 11 is 0. The normalized spacial score (nSPS) is 15.3. The Morgan fingerprint density at radius 2 is 1.71 bits per heavy atom. The Balaban J connectivity index is 1.68. The van der Waals surface area contributed by atoms with Crippen LogP contribution in [0, 0.1) is 11.6 Å². The van der Waals surface area contributed by atoms with E-state index in [-0.39, 0.29) is 11.2 Å². The number of benzene rings is 2. The molecule has 0 unspecified atom stereocenters. The van der Waals surface area contributed by atoms with E-state index in [0.717, 1.165) is 30.5 Å². The molecule has 0 aromatic heterocycles. The minimum absolute atomic E-state index is 0.218. The molecule has 3 nitrogen and oxygen atoms in total. The number of rotatable bonds is 3. The van der Waals surface area contributed by atoms with Crippen molar-refractivity contribution in [3.8, 4) is 0 Å². The van der Waals surface area contributed by atoms with Crippen LogP contribution in [0.5, 0.6) is 0 Å². The highest BCUT2D eigenvalue weighted by molar-refractivity contribution is 5.90. The second kappa shape index (κ2) is 5.16. The van der Waals surface area contributed by atoms with E-state index in [1.807, 2.05) is 30.3 Å². The van der Waals surface area contributed by atoms with Crippen LogP contribution in [-0.4, -0.2) is 6.03 Å². The van der Waals surface area contributed by atoms with E-state index in [2.05, 4.69) is 10.6 Å². The molecule has 0 saturated heterocycles. The van der Waals surface area contributed by atoms with Gasteiger partial charge < -0.3 is 10.6 Å². The quantitative estimate of drug-likeness (QED) is 0.886. The van der Waals surface area contributed by atoms with Gasteiger partial charge in [0.15, 0.2) is 11.6 Å². The van der Waals surface area contributed by atoms with Crippen LogP contribution in [0.4, 0.5) is 19.3 Å². The van der Waals surface area contributed by atoms with Crippen molar-refractivity contribution in [2.45, 2.75) is 18.4 Å². The van der Waals surface area contributed by atoms with E-state index in [1.54, 1.807) is 0 Å². The van der Waals surface area contributed by atoms with Crippen LogP contribution in [0.2, 0.25) is 0 Å². The standard InChI is InChI=1S/C16H14F2N2O/c17-13-7-6-12(10-14(13)18)19-15(21)20-16(8-9-16)11-4-2-1-3-5-11/h1-7,10H,8-9H2,(H2,19,20,21). The summed E-state index contributed by atoms with van der Waals surface area (Å²) in [4.78, 5) is 12.0. The third kappa shape index (κ3) is 2.86. The molecule has 2 aromatic carbocycles. The first kappa shape index (κ1) is 13.5. The maximum atomic E-state index is 13.1. The maximum Gasteiger partial charge on any atom is 0.319 e. The molecule has 0 bridgehead atoms. The van der Waals surface area contributed by atoms with Gasteiger partial charge in [0.05, 0.1) is 5.54 Å². The van der Waals surface area contributed by atoms with Gasteiger partial charge in [-0.1, -0.05) is 30.3 Å². The Bertz CT molecular complexity index is 669. The number of nitrogens with one attached hydrogen (secondary N) is 2. The predicted molar refractivity (Wildman–Crippen MR) is 75.9 cm³/mol. The van der Waals surface area contributed by atoms with E-state index < -0.39 is 17.7 Å². The highest BCUT2D eigenvalue weighted by Crippen LogP contribution is 2.45.